The summed E-state index contributed by atoms with van der Waals surface area (Å²) in [4.78, 5) is 23.4. The highest BCUT2D eigenvalue weighted by molar-refractivity contribution is 5.95. The van der Waals surface area contributed by atoms with E-state index in [-0.39, 0.29) is 11.8 Å². The summed E-state index contributed by atoms with van der Waals surface area (Å²) < 4.78 is 0. The Hall–Kier alpha value is -1.84. The molecule has 0 atom stereocenters. The van der Waals surface area contributed by atoms with Crippen LogP contribution in [-0.2, 0) is 11.2 Å². The fraction of sp³-hybridized carbons (Fsp3) is 0.429. The van der Waals surface area contributed by atoms with Gasteiger partial charge in [-0.2, -0.15) is 0 Å². The molecule has 4 heteroatoms. The summed E-state index contributed by atoms with van der Waals surface area (Å²) in [6.07, 6.45) is 3.35. The van der Waals surface area contributed by atoms with Crippen LogP contribution in [0.4, 0.5) is 0 Å². The van der Waals surface area contributed by atoms with Gasteiger partial charge in [0.2, 0.25) is 5.91 Å². The summed E-state index contributed by atoms with van der Waals surface area (Å²) in [5, 5.41) is 1.41. The van der Waals surface area contributed by atoms with Gasteiger partial charge >= 0.3 is 0 Å². The van der Waals surface area contributed by atoms with Gasteiger partial charge in [-0.25, -0.2) is 0 Å². The lowest BCUT2D eigenvalue weighted by molar-refractivity contribution is -0.129. The second kappa shape index (κ2) is 5.67. The molecule has 4 nitrogen and oxygen atoms in total. The molecule has 1 aromatic carbocycles. The van der Waals surface area contributed by atoms with E-state index in [0.717, 1.165) is 24.8 Å². The summed E-state index contributed by atoms with van der Waals surface area (Å²) >= 11 is 0. The third kappa shape index (κ3) is 2.88. The molecule has 1 aliphatic heterocycles. The SMILES string of the molecule is CCCc1cccc(C(=O)NN2CCCC2=O)c1. The predicted octanol–water partition coefficient (Wildman–Crippen LogP) is 1.91. The average molecular weight is 246 g/mol. The van der Waals surface area contributed by atoms with Crippen molar-refractivity contribution in [2.24, 2.45) is 0 Å². The molecule has 0 unspecified atom stereocenters. The van der Waals surface area contributed by atoms with Crippen LogP contribution in [-0.4, -0.2) is 23.4 Å². The molecule has 0 spiro atoms. The first kappa shape index (κ1) is 12.6. The minimum absolute atomic E-state index is 0.00642. The number of hydrogen-bond acceptors (Lipinski definition) is 2. The Morgan fingerprint density at radius 3 is 2.94 bits per heavy atom. The molecule has 2 amide bonds. The van der Waals surface area contributed by atoms with Crippen LogP contribution in [0, 0.1) is 0 Å². The van der Waals surface area contributed by atoms with E-state index in [1.165, 1.54) is 5.01 Å². The minimum atomic E-state index is -0.205. The molecule has 2 rings (SSSR count). The van der Waals surface area contributed by atoms with Gasteiger partial charge in [0, 0.05) is 18.5 Å². The monoisotopic (exact) mass is 246 g/mol. The molecule has 0 aliphatic carbocycles. The highest BCUT2D eigenvalue weighted by Gasteiger charge is 2.22. The smallest absolute Gasteiger partial charge is 0.269 e. The molecular weight excluding hydrogens is 228 g/mol. The van der Waals surface area contributed by atoms with Crippen molar-refractivity contribution < 1.29 is 9.59 Å². The first-order valence-corrected chi connectivity index (χ1v) is 6.41. The number of carbonyl (C=O) groups is 2. The number of benzene rings is 1. The van der Waals surface area contributed by atoms with E-state index in [4.69, 9.17) is 0 Å². The Kier molecular flexibility index (Phi) is 3.97. The van der Waals surface area contributed by atoms with Crippen LogP contribution in [0.25, 0.3) is 0 Å². The molecular formula is C14H18N2O2. The van der Waals surface area contributed by atoms with Gasteiger partial charge in [-0.15, -0.1) is 0 Å². The van der Waals surface area contributed by atoms with Crippen molar-refractivity contribution in [1.82, 2.24) is 10.4 Å². The van der Waals surface area contributed by atoms with Gasteiger partial charge in [0.05, 0.1) is 0 Å². The third-order valence-corrected chi connectivity index (χ3v) is 3.04. The van der Waals surface area contributed by atoms with Crippen LogP contribution in [0.3, 0.4) is 0 Å². The second-order valence-electron chi connectivity index (χ2n) is 4.54. The Bertz CT molecular complexity index is 457. The van der Waals surface area contributed by atoms with E-state index in [0.29, 0.717) is 18.5 Å². The maximum Gasteiger partial charge on any atom is 0.269 e. The van der Waals surface area contributed by atoms with Gasteiger partial charge in [-0.1, -0.05) is 25.5 Å². The first-order chi connectivity index (χ1) is 8.70. The van der Waals surface area contributed by atoms with Crippen molar-refractivity contribution >= 4 is 11.8 Å². The van der Waals surface area contributed by atoms with Crippen LogP contribution in [0.5, 0.6) is 0 Å². The largest absolute Gasteiger partial charge is 0.273 e. The number of rotatable bonds is 4. The highest BCUT2D eigenvalue weighted by atomic mass is 16.2. The maximum absolute atomic E-state index is 12.0. The van der Waals surface area contributed by atoms with Gasteiger partial charge in [0.1, 0.15) is 0 Å². The van der Waals surface area contributed by atoms with Gasteiger partial charge in [-0.3, -0.25) is 20.0 Å². The Morgan fingerprint density at radius 1 is 1.44 bits per heavy atom. The van der Waals surface area contributed by atoms with Gasteiger partial charge in [-0.05, 0) is 30.5 Å². The van der Waals surface area contributed by atoms with Crippen molar-refractivity contribution in [3.63, 3.8) is 0 Å². The Balaban J connectivity index is 2.04. The summed E-state index contributed by atoms with van der Waals surface area (Å²) in [6.45, 7) is 2.72. The number of hydrazine groups is 1. The highest BCUT2D eigenvalue weighted by Crippen LogP contribution is 2.10. The molecule has 0 aromatic heterocycles. The molecule has 1 saturated heterocycles. The van der Waals surface area contributed by atoms with Crippen molar-refractivity contribution in [2.45, 2.75) is 32.6 Å². The molecule has 1 N–H and O–H groups in total. The van der Waals surface area contributed by atoms with Crippen LogP contribution >= 0.6 is 0 Å². The molecule has 18 heavy (non-hydrogen) atoms. The number of amides is 2. The molecule has 0 saturated carbocycles. The predicted molar refractivity (Wildman–Crippen MR) is 68.9 cm³/mol. The lowest BCUT2D eigenvalue weighted by Crippen LogP contribution is -2.42. The molecule has 0 bridgehead atoms. The zero-order valence-corrected chi connectivity index (χ0v) is 10.6. The normalized spacial score (nSPS) is 14.9. The van der Waals surface area contributed by atoms with Crippen molar-refractivity contribution in [3.05, 3.63) is 35.4 Å². The minimum Gasteiger partial charge on any atom is -0.273 e. The Morgan fingerprint density at radius 2 is 2.28 bits per heavy atom. The quantitative estimate of drug-likeness (QED) is 0.882. The van der Waals surface area contributed by atoms with Crippen LogP contribution in [0.2, 0.25) is 0 Å². The number of hydrogen-bond donors (Lipinski definition) is 1. The fourth-order valence-electron chi connectivity index (χ4n) is 2.11. The van der Waals surface area contributed by atoms with E-state index in [1.807, 2.05) is 18.2 Å². The van der Waals surface area contributed by atoms with E-state index < -0.39 is 0 Å². The zero-order chi connectivity index (χ0) is 13.0. The number of nitrogens with zero attached hydrogens (tertiary/aromatic N) is 1. The number of nitrogens with one attached hydrogen (secondary N) is 1. The van der Waals surface area contributed by atoms with Crippen LogP contribution in [0.1, 0.15) is 42.1 Å². The summed E-state index contributed by atoms with van der Waals surface area (Å²) in [6, 6.07) is 7.56. The number of carbonyl (C=O) groups excluding carboxylic acids is 2. The molecule has 1 aliphatic rings. The lowest BCUT2D eigenvalue weighted by Gasteiger charge is -2.16. The van der Waals surface area contributed by atoms with Crippen molar-refractivity contribution in [1.29, 1.82) is 0 Å². The van der Waals surface area contributed by atoms with Gasteiger partial charge in [0.15, 0.2) is 0 Å². The summed E-state index contributed by atoms with van der Waals surface area (Å²) in [7, 11) is 0. The fourth-order valence-corrected chi connectivity index (χ4v) is 2.11. The van der Waals surface area contributed by atoms with E-state index in [1.54, 1.807) is 6.07 Å². The lowest BCUT2D eigenvalue weighted by atomic mass is 10.1. The van der Waals surface area contributed by atoms with Crippen molar-refractivity contribution in [2.75, 3.05) is 6.54 Å². The van der Waals surface area contributed by atoms with E-state index in [2.05, 4.69) is 12.3 Å². The molecule has 1 aromatic rings. The standard InChI is InChI=1S/C14H18N2O2/c1-2-5-11-6-3-7-12(10-11)14(18)15-16-9-4-8-13(16)17/h3,6-7,10H,2,4-5,8-9H2,1H3,(H,15,18). The number of aryl methyl sites for hydroxylation is 1. The van der Waals surface area contributed by atoms with E-state index in [9.17, 15) is 9.59 Å². The summed E-state index contributed by atoms with van der Waals surface area (Å²) in [5.41, 5.74) is 4.42. The zero-order valence-electron chi connectivity index (χ0n) is 10.6. The maximum atomic E-state index is 12.0. The first-order valence-electron chi connectivity index (χ1n) is 6.41. The molecule has 1 heterocycles. The third-order valence-electron chi connectivity index (χ3n) is 3.04. The topological polar surface area (TPSA) is 49.4 Å². The average Bonchev–Trinajstić information content (AvgIpc) is 2.76. The van der Waals surface area contributed by atoms with Gasteiger partial charge < -0.3 is 0 Å². The second-order valence-corrected chi connectivity index (χ2v) is 4.54. The van der Waals surface area contributed by atoms with Crippen molar-refractivity contribution in [3.8, 4) is 0 Å². The van der Waals surface area contributed by atoms with Crippen LogP contribution < -0.4 is 5.43 Å². The molecule has 1 fully saturated rings. The summed E-state index contributed by atoms with van der Waals surface area (Å²) in [5.74, 6) is -0.212. The van der Waals surface area contributed by atoms with Gasteiger partial charge in [0.25, 0.3) is 5.91 Å². The Labute approximate surface area is 107 Å². The van der Waals surface area contributed by atoms with E-state index >= 15 is 0 Å². The van der Waals surface area contributed by atoms with Crippen LogP contribution in [0.15, 0.2) is 24.3 Å². The molecule has 0 radical (unpaired) electrons. The molecule has 96 valence electrons.